The molecule has 0 aromatic carbocycles. The number of nitrogens with one attached hydrogen (secondary N) is 1. The summed E-state index contributed by atoms with van der Waals surface area (Å²) in [5, 5.41) is 3.11. The van der Waals surface area contributed by atoms with Gasteiger partial charge in [0.05, 0.1) is 5.69 Å². The first-order valence-corrected chi connectivity index (χ1v) is 6.61. The minimum atomic E-state index is -0.736. The zero-order valence-corrected chi connectivity index (χ0v) is 11.4. The van der Waals surface area contributed by atoms with Gasteiger partial charge in [-0.2, -0.15) is 0 Å². The SMILES string of the molecule is CCCNc1nc(Sc2nc(C)co2)c(F)cc1F. The molecule has 0 saturated carbocycles. The van der Waals surface area contributed by atoms with Gasteiger partial charge >= 0.3 is 0 Å². The number of pyridine rings is 1. The fraction of sp³-hybridized carbons (Fsp3) is 0.333. The molecule has 2 aromatic heterocycles. The highest BCUT2D eigenvalue weighted by Crippen LogP contribution is 2.29. The maximum atomic E-state index is 13.6. The molecule has 0 saturated heterocycles. The van der Waals surface area contributed by atoms with Gasteiger partial charge < -0.3 is 9.73 Å². The van der Waals surface area contributed by atoms with Crippen molar-refractivity contribution in [1.29, 1.82) is 0 Å². The zero-order chi connectivity index (χ0) is 13.8. The topological polar surface area (TPSA) is 51.0 Å². The van der Waals surface area contributed by atoms with Crippen LogP contribution in [-0.2, 0) is 0 Å². The lowest BCUT2D eigenvalue weighted by molar-refractivity contribution is 0.452. The first-order chi connectivity index (χ1) is 9.10. The van der Waals surface area contributed by atoms with Crippen LogP contribution in [0.5, 0.6) is 0 Å². The summed E-state index contributed by atoms with van der Waals surface area (Å²) in [5.41, 5.74) is 0.689. The van der Waals surface area contributed by atoms with Gasteiger partial charge in [-0.1, -0.05) is 6.92 Å². The molecule has 2 rings (SSSR count). The molecule has 0 aliphatic carbocycles. The van der Waals surface area contributed by atoms with Gasteiger partial charge in [0.1, 0.15) is 11.3 Å². The molecule has 19 heavy (non-hydrogen) atoms. The average Bonchev–Trinajstić information content (AvgIpc) is 2.77. The van der Waals surface area contributed by atoms with Crippen molar-refractivity contribution in [2.24, 2.45) is 0 Å². The van der Waals surface area contributed by atoms with Crippen molar-refractivity contribution < 1.29 is 13.2 Å². The van der Waals surface area contributed by atoms with Gasteiger partial charge in [0.2, 0.25) is 0 Å². The summed E-state index contributed by atoms with van der Waals surface area (Å²) < 4.78 is 32.2. The highest BCUT2D eigenvalue weighted by atomic mass is 32.2. The van der Waals surface area contributed by atoms with E-state index in [4.69, 9.17) is 4.42 Å². The van der Waals surface area contributed by atoms with Crippen molar-refractivity contribution in [1.82, 2.24) is 9.97 Å². The van der Waals surface area contributed by atoms with E-state index < -0.39 is 11.6 Å². The normalized spacial score (nSPS) is 10.7. The molecule has 0 aliphatic rings. The standard InChI is InChI=1S/C12H13F2N3OS/c1-3-4-15-10-8(13)5-9(14)11(17-10)19-12-16-7(2)6-18-12/h5-6H,3-4H2,1-2H3,(H,15,17). The third-order valence-corrected chi connectivity index (χ3v) is 3.06. The molecule has 2 heterocycles. The van der Waals surface area contributed by atoms with Crippen LogP contribution in [0.1, 0.15) is 19.0 Å². The van der Waals surface area contributed by atoms with Crippen molar-refractivity contribution in [2.45, 2.75) is 30.5 Å². The van der Waals surface area contributed by atoms with Crippen molar-refractivity contribution in [3.63, 3.8) is 0 Å². The van der Waals surface area contributed by atoms with Gasteiger partial charge in [0, 0.05) is 12.6 Å². The maximum absolute atomic E-state index is 13.6. The third-order valence-electron chi connectivity index (χ3n) is 2.22. The molecule has 4 nitrogen and oxygen atoms in total. The summed E-state index contributed by atoms with van der Waals surface area (Å²) in [6.07, 6.45) is 2.28. The van der Waals surface area contributed by atoms with Crippen LogP contribution in [-0.4, -0.2) is 16.5 Å². The summed E-state index contributed by atoms with van der Waals surface area (Å²) in [7, 11) is 0. The van der Waals surface area contributed by atoms with Crippen LogP contribution < -0.4 is 5.32 Å². The van der Waals surface area contributed by atoms with E-state index in [0.29, 0.717) is 12.2 Å². The average molecular weight is 285 g/mol. The van der Waals surface area contributed by atoms with Gasteiger partial charge in [-0.15, -0.1) is 0 Å². The minimum absolute atomic E-state index is 0.0295. The fourth-order valence-electron chi connectivity index (χ4n) is 1.35. The largest absolute Gasteiger partial charge is 0.439 e. The van der Waals surface area contributed by atoms with E-state index in [1.54, 1.807) is 6.92 Å². The van der Waals surface area contributed by atoms with Gasteiger partial charge in [-0.3, -0.25) is 0 Å². The Labute approximate surface area is 113 Å². The van der Waals surface area contributed by atoms with Crippen molar-refractivity contribution in [3.05, 3.63) is 29.7 Å². The quantitative estimate of drug-likeness (QED) is 0.909. The molecule has 0 aliphatic heterocycles. The number of aryl methyl sites for hydroxylation is 1. The molecule has 0 unspecified atom stereocenters. The Kier molecular flexibility index (Phi) is 4.36. The lowest BCUT2D eigenvalue weighted by Crippen LogP contribution is -2.06. The lowest BCUT2D eigenvalue weighted by Gasteiger charge is -2.07. The number of rotatable bonds is 5. The molecule has 0 fully saturated rings. The van der Waals surface area contributed by atoms with Crippen LogP contribution in [0.2, 0.25) is 0 Å². The number of hydrogen-bond donors (Lipinski definition) is 1. The molecule has 7 heteroatoms. The molecule has 0 amide bonds. The van der Waals surface area contributed by atoms with E-state index in [-0.39, 0.29) is 16.1 Å². The minimum Gasteiger partial charge on any atom is -0.439 e. The Morgan fingerprint density at radius 1 is 1.32 bits per heavy atom. The molecule has 0 atom stereocenters. The Morgan fingerprint density at radius 3 is 2.74 bits per heavy atom. The van der Waals surface area contributed by atoms with Crippen molar-refractivity contribution in [2.75, 3.05) is 11.9 Å². The number of hydrogen-bond acceptors (Lipinski definition) is 5. The molecule has 2 aromatic rings. The molecular weight excluding hydrogens is 272 g/mol. The Balaban J connectivity index is 2.24. The number of oxazole rings is 1. The maximum Gasteiger partial charge on any atom is 0.262 e. The number of nitrogens with zero attached hydrogens (tertiary/aromatic N) is 2. The van der Waals surface area contributed by atoms with Crippen LogP contribution in [0.25, 0.3) is 0 Å². The first kappa shape index (κ1) is 13.8. The fourth-order valence-corrected chi connectivity index (χ4v) is 2.10. The predicted molar refractivity (Wildman–Crippen MR) is 68.3 cm³/mol. The van der Waals surface area contributed by atoms with Crippen LogP contribution in [0, 0.1) is 18.6 Å². The van der Waals surface area contributed by atoms with Gasteiger partial charge in [-0.25, -0.2) is 18.7 Å². The van der Waals surface area contributed by atoms with E-state index in [0.717, 1.165) is 24.2 Å². The molecule has 102 valence electrons. The van der Waals surface area contributed by atoms with E-state index in [1.807, 2.05) is 6.92 Å². The highest BCUT2D eigenvalue weighted by molar-refractivity contribution is 7.99. The monoisotopic (exact) mass is 285 g/mol. The van der Waals surface area contributed by atoms with Crippen molar-refractivity contribution >= 4 is 17.6 Å². The van der Waals surface area contributed by atoms with Crippen LogP contribution in [0.15, 0.2) is 27.0 Å². The van der Waals surface area contributed by atoms with E-state index >= 15 is 0 Å². The molecule has 0 radical (unpaired) electrons. The van der Waals surface area contributed by atoms with Gasteiger partial charge in [0.15, 0.2) is 17.5 Å². The van der Waals surface area contributed by atoms with E-state index in [9.17, 15) is 8.78 Å². The molecule has 0 spiro atoms. The summed E-state index contributed by atoms with van der Waals surface area (Å²) in [6.45, 7) is 4.27. The van der Waals surface area contributed by atoms with Gasteiger partial charge in [-0.05, 0) is 25.1 Å². The summed E-state index contributed by atoms with van der Waals surface area (Å²) in [5.74, 6) is -1.41. The van der Waals surface area contributed by atoms with Crippen LogP contribution in [0.4, 0.5) is 14.6 Å². The zero-order valence-electron chi connectivity index (χ0n) is 10.5. The third kappa shape index (κ3) is 3.44. The first-order valence-electron chi connectivity index (χ1n) is 5.80. The second kappa shape index (κ2) is 6.01. The van der Waals surface area contributed by atoms with Crippen LogP contribution in [0.3, 0.4) is 0 Å². The smallest absolute Gasteiger partial charge is 0.262 e. The summed E-state index contributed by atoms with van der Waals surface area (Å²) >= 11 is 0.921. The molecular formula is C12H13F2N3OS. The van der Waals surface area contributed by atoms with Gasteiger partial charge in [0.25, 0.3) is 5.22 Å². The predicted octanol–water partition coefficient (Wildman–Crippen LogP) is 3.63. The lowest BCUT2D eigenvalue weighted by atomic mass is 10.4. The number of anilines is 1. The number of aromatic nitrogens is 2. The van der Waals surface area contributed by atoms with E-state index in [1.165, 1.54) is 6.26 Å². The molecule has 1 N–H and O–H groups in total. The number of halogens is 2. The molecule has 0 bridgehead atoms. The Hall–Kier alpha value is -1.63. The Morgan fingerprint density at radius 2 is 2.11 bits per heavy atom. The summed E-state index contributed by atoms with van der Waals surface area (Å²) in [4.78, 5) is 7.95. The second-order valence-corrected chi connectivity index (χ2v) is 4.83. The van der Waals surface area contributed by atoms with E-state index in [2.05, 4.69) is 15.3 Å². The highest BCUT2D eigenvalue weighted by Gasteiger charge is 2.15. The Bertz CT molecular complexity index is 574. The summed E-state index contributed by atoms with van der Waals surface area (Å²) in [6, 6.07) is 0.809. The second-order valence-electron chi connectivity index (χ2n) is 3.89. The van der Waals surface area contributed by atoms with Crippen LogP contribution >= 0.6 is 11.8 Å². The van der Waals surface area contributed by atoms with Crippen molar-refractivity contribution in [3.8, 4) is 0 Å².